The summed E-state index contributed by atoms with van der Waals surface area (Å²) in [7, 11) is 0. The molecule has 2 unspecified atom stereocenters. The Morgan fingerprint density at radius 3 is 2.75 bits per heavy atom. The second-order valence-corrected chi connectivity index (χ2v) is 8.23. The maximum Gasteiger partial charge on any atom is 0.269 e. The number of fused-ring (bicyclic) bond motifs is 1. The quantitative estimate of drug-likeness (QED) is 0.400. The van der Waals surface area contributed by atoms with Crippen LogP contribution in [0.15, 0.2) is 35.7 Å². The van der Waals surface area contributed by atoms with Crippen LogP contribution in [0.2, 0.25) is 0 Å². The number of carbonyl (C=O) groups excluding carboxylic acids is 1. The van der Waals surface area contributed by atoms with Crippen molar-refractivity contribution < 1.29 is 9.72 Å². The van der Waals surface area contributed by atoms with E-state index >= 15 is 0 Å². The molecule has 1 amide bonds. The number of hydrogen-bond acceptors (Lipinski definition) is 5. The van der Waals surface area contributed by atoms with Gasteiger partial charge in [-0.1, -0.05) is 13.3 Å². The average Bonchev–Trinajstić information content (AvgIpc) is 3.16. The standard InChI is InChI=1S/C21H27N3O3S/c1-3-5-19-14-17-10-13-28-20(17)15(2)23(19)12-4-11-22-21(25)16-6-8-18(9-7-16)24(26)27/h6-10,13,15,19H,3-5,11-12,14H2,1-2H3,(H,22,25). The van der Waals surface area contributed by atoms with Crippen molar-refractivity contribution in [3.05, 3.63) is 61.8 Å². The lowest BCUT2D eigenvalue weighted by Gasteiger charge is -2.40. The summed E-state index contributed by atoms with van der Waals surface area (Å²) in [4.78, 5) is 26.5. The van der Waals surface area contributed by atoms with Gasteiger partial charge in [-0.2, -0.15) is 0 Å². The van der Waals surface area contributed by atoms with Gasteiger partial charge in [0.15, 0.2) is 0 Å². The highest BCUT2D eigenvalue weighted by Crippen LogP contribution is 2.37. The summed E-state index contributed by atoms with van der Waals surface area (Å²) >= 11 is 1.84. The Morgan fingerprint density at radius 1 is 1.32 bits per heavy atom. The fourth-order valence-electron chi connectivity index (χ4n) is 4.00. The first-order chi connectivity index (χ1) is 13.5. The molecule has 0 bridgehead atoms. The van der Waals surface area contributed by atoms with Crippen LogP contribution in [0.5, 0.6) is 0 Å². The lowest BCUT2D eigenvalue weighted by Crippen LogP contribution is -2.43. The topological polar surface area (TPSA) is 75.5 Å². The molecule has 0 radical (unpaired) electrons. The monoisotopic (exact) mass is 401 g/mol. The highest BCUT2D eigenvalue weighted by atomic mass is 32.1. The van der Waals surface area contributed by atoms with Crippen LogP contribution in [0.4, 0.5) is 5.69 Å². The summed E-state index contributed by atoms with van der Waals surface area (Å²) in [6.45, 7) is 6.06. The van der Waals surface area contributed by atoms with Gasteiger partial charge in [-0.25, -0.2) is 0 Å². The largest absolute Gasteiger partial charge is 0.352 e. The van der Waals surface area contributed by atoms with E-state index in [-0.39, 0.29) is 11.6 Å². The summed E-state index contributed by atoms with van der Waals surface area (Å²) in [5.41, 5.74) is 1.94. The Bertz CT molecular complexity index is 819. The third kappa shape index (κ3) is 4.59. The molecule has 1 N–H and O–H groups in total. The lowest BCUT2D eigenvalue weighted by molar-refractivity contribution is -0.384. The van der Waals surface area contributed by atoms with Gasteiger partial charge in [0.2, 0.25) is 0 Å². The molecule has 0 saturated carbocycles. The van der Waals surface area contributed by atoms with Gasteiger partial charge in [0.1, 0.15) is 0 Å². The molecule has 2 aromatic rings. The summed E-state index contributed by atoms with van der Waals surface area (Å²) in [6.07, 6.45) is 4.36. The summed E-state index contributed by atoms with van der Waals surface area (Å²) in [5.74, 6) is -0.188. The van der Waals surface area contributed by atoms with Crippen molar-refractivity contribution in [2.75, 3.05) is 13.1 Å². The van der Waals surface area contributed by atoms with E-state index in [1.54, 1.807) is 0 Å². The fraction of sp³-hybridized carbons (Fsp3) is 0.476. The van der Waals surface area contributed by atoms with Crippen LogP contribution < -0.4 is 5.32 Å². The first kappa shape index (κ1) is 20.5. The molecule has 3 rings (SSSR count). The van der Waals surface area contributed by atoms with Crippen molar-refractivity contribution in [2.24, 2.45) is 0 Å². The number of nitro groups is 1. The number of thiophene rings is 1. The maximum absolute atomic E-state index is 12.2. The molecule has 0 aliphatic carbocycles. The normalized spacial score (nSPS) is 19.2. The van der Waals surface area contributed by atoms with Crippen LogP contribution in [-0.4, -0.2) is 34.9 Å². The van der Waals surface area contributed by atoms with Gasteiger partial charge in [-0.05, 0) is 55.3 Å². The number of carbonyl (C=O) groups is 1. The van der Waals surface area contributed by atoms with Crippen LogP contribution in [0.3, 0.4) is 0 Å². The highest BCUT2D eigenvalue weighted by molar-refractivity contribution is 7.10. The maximum atomic E-state index is 12.2. The predicted molar refractivity (Wildman–Crippen MR) is 112 cm³/mol. The van der Waals surface area contributed by atoms with Crippen molar-refractivity contribution in [1.29, 1.82) is 0 Å². The first-order valence-electron chi connectivity index (χ1n) is 9.86. The molecule has 0 fully saturated rings. The minimum absolute atomic E-state index is 0.00875. The molecule has 1 aliphatic heterocycles. The summed E-state index contributed by atoms with van der Waals surface area (Å²) < 4.78 is 0. The Labute approximate surface area is 169 Å². The number of rotatable bonds is 8. The van der Waals surface area contributed by atoms with E-state index in [1.807, 2.05) is 11.3 Å². The van der Waals surface area contributed by atoms with Gasteiger partial charge in [0, 0.05) is 47.7 Å². The van der Waals surface area contributed by atoms with E-state index in [1.165, 1.54) is 47.5 Å². The van der Waals surface area contributed by atoms with Gasteiger partial charge >= 0.3 is 0 Å². The van der Waals surface area contributed by atoms with Crippen LogP contribution in [0, 0.1) is 10.1 Å². The molecular formula is C21H27N3O3S. The van der Waals surface area contributed by atoms with Gasteiger partial charge in [-0.3, -0.25) is 19.8 Å². The van der Waals surface area contributed by atoms with Crippen LogP contribution in [-0.2, 0) is 6.42 Å². The minimum atomic E-state index is -0.465. The number of non-ortho nitro benzene ring substituents is 1. The Morgan fingerprint density at radius 2 is 2.07 bits per heavy atom. The molecular weight excluding hydrogens is 374 g/mol. The van der Waals surface area contributed by atoms with E-state index in [0.717, 1.165) is 19.4 Å². The van der Waals surface area contributed by atoms with Crippen LogP contribution in [0.1, 0.15) is 60.0 Å². The van der Waals surface area contributed by atoms with Crippen LogP contribution >= 0.6 is 11.3 Å². The Kier molecular flexibility index (Phi) is 6.80. The smallest absolute Gasteiger partial charge is 0.269 e. The highest BCUT2D eigenvalue weighted by Gasteiger charge is 2.31. The Balaban J connectivity index is 1.52. The van der Waals surface area contributed by atoms with Crippen LogP contribution in [0.25, 0.3) is 0 Å². The van der Waals surface area contributed by atoms with Crippen molar-refractivity contribution in [2.45, 2.75) is 51.6 Å². The molecule has 2 atom stereocenters. The van der Waals surface area contributed by atoms with Gasteiger partial charge < -0.3 is 5.32 Å². The average molecular weight is 402 g/mol. The molecule has 0 spiro atoms. The molecule has 7 heteroatoms. The fourth-order valence-corrected chi connectivity index (χ4v) is 5.01. The molecule has 6 nitrogen and oxygen atoms in total. The number of nitro benzene ring substituents is 1. The van der Waals surface area contributed by atoms with Crippen molar-refractivity contribution in [3.63, 3.8) is 0 Å². The molecule has 28 heavy (non-hydrogen) atoms. The molecule has 1 aliphatic rings. The zero-order valence-corrected chi connectivity index (χ0v) is 17.2. The lowest BCUT2D eigenvalue weighted by atomic mass is 9.92. The third-order valence-electron chi connectivity index (χ3n) is 5.42. The second-order valence-electron chi connectivity index (χ2n) is 7.28. The van der Waals surface area contributed by atoms with Gasteiger partial charge in [0.05, 0.1) is 4.92 Å². The number of nitrogens with one attached hydrogen (secondary N) is 1. The van der Waals surface area contributed by atoms with E-state index < -0.39 is 4.92 Å². The number of amides is 1. The molecule has 2 heterocycles. The van der Waals surface area contributed by atoms with Gasteiger partial charge in [0.25, 0.3) is 11.6 Å². The SMILES string of the molecule is CCCC1Cc2ccsc2C(C)N1CCCNC(=O)c1ccc([N+](=O)[O-])cc1. The van der Waals surface area contributed by atoms with E-state index in [9.17, 15) is 14.9 Å². The summed E-state index contributed by atoms with van der Waals surface area (Å²) in [5, 5.41) is 15.8. The van der Waals surface area contributed by atoms with Gasteiger partial charge in [-0.15, -0.1) is 11.3 Å². The van der Waals surface area contributed by atoms with Crippen molar-refractivity contribution in [3.8, 4) is 0 Å². The zero-order chi connectivity index (χ0) is 20.1. The second kappa shape index (κ2) is 9.30. The summed E-state index contributed by atoms with van der Waals surface area (Å²) in [6, 6.07) is 8.96. The van der Waals surface area contributed by atoms with Crippen molar-refractivity contribution in [1.82, 2.24) is 10.2 Å². The van der Waals surface area contributed by atoms with Crippen molar-refractivity contribution >= 4 is 22.9 Å². The number of benzene rings is 1. The van der Waals surface area contributed by atoms with E-state index in [4.69, 9.17) is 0 Å². The van der Waals surface area contributed by atoms with E-state index in [0.29, 0.717) is 24.2 Å². The zero-order valence-electron chi connectivity index (χ0n) is 16.4. The predicted octanol–water partition coefficient (Wildman–Crippen LogP) is 4.56. The molecule has 1 aromatic heterocycles. The molecule has 150 valence electrons. The molecule has 1 aromatic carbocycles. The first-order valence-corrected chi connectivity index (χ1v) is 10.7. The van der Waals surface area contributed by atoms with E-state index in [2.05, 4.69) is 35.5 Å². The Hall–Kier alpha value is -2.25. The number of hydrogen-bond donors (Lipinski definition) is 1. The number of nitrogens with zero attached hydrogens (tertiary/aromatic N) is 2. The minimum Gasteiger partial charge on any atom is -0.352 e. The third-order valence-corrected chi connectivity index (χ3v) is 6.55. The molecule has 0 saturated heterocycles.